The smallest absolute Gasteiger partial charge is 0.179 e. The van der Waals surface area contributed by atoms with Crippen molar-refractivity contribution in [1.82, 2.24) is 9.80 Å². The maximum Gasteiger partial charge on any atom is 0.179 e. The standard InChI is InChI=1S/C9H15N3/c1-11-4-2-9(6-11)3-5-12(7-9)8-10/h2-7H2,1H3. The molecule has 1 atom stereocenters. The molecule has 2 aliphatic rings. The summed E-state index contributed by atoms with van der Waals surface area (Å²) < 4.78 is 0. The molecular formula is C9H15N3. The monoisotopic (exact) mass is 165 g/mol. The van der Waals surface area contributed by atoms with Gasteiger partial charge in [0.05, 0.1) is 0 Å². The third kappa shape index (κ3) is 1.16. The molecule has 0 N–H and O–H groups in total. The molecule has 1 unspecified atom stereocenters. The van der Waals surface area contributed by atoms with Crippen molar-refractivity contribution in [2.24, 2.45) is 5.41 Å². The molecule has 2 saturated heterocycles. The molecular weight excluding hydrogens is 150 g/mol. The Bertz CT molecular complexity index is 220. The van der Waals surface area contributed by atoms with Gasteiger partial charge in [-0.1, -0.05) is 0 Å². The second-order valence-corrected chi connectivity index (χ2v) is 4.26. The van der Waals surface area contributed by atoms with Crippen LogP contribution in [0, 0.1) is 16.9 Å². The van der Waals surface area contributed by atoms with Gasteiger partial charge in [0, 0.05) is 25.0 Å². The lowest BCUT2D eigenvalue weighted by Crippen LogP contribution is -2.27. The molecule has 0 bridgehead atoms. The molecule has 1 spiro atoms. The molecule has 0 aromatic carbocycles. The van der Waals surface area contributed by atoms with Crippen LogP contribution in [0.3, 0.4) is 0 Å². The number of hydrogen-bond donors (Lipinski definition) is 0. The van der Waals surface area contributed by atoms with E-state index < -0.39 is 0 Å². The fourth-order valence-corrected chi connectivity index (χ4v) is 2.51. The van der Waals surface area contributed by atoms with Crippen LogP contribution >= 0.6 is 0 Å². The first-order chi connectivity index (χ1) is 5.74. The Morgan fingerprint density at radius 2 is 2.00 bits per heavy atom. The Hall–Kier alpha value is -0.750. The summed E-state index contributed by atoms with van der Waals surface area (Å²) in [5.41, 5.74) is 0.463. The van der Waals surface area contributed by atoms with Gasteiger partial charge in [-0.25, -0.2) is 0 Å². The number of nitriles is 1. The van der Waals surface area contributed by atoms with Crippen LogP contribution in [0.2, 0.25) is 0 Å². The van der Waals surface area contributed by atoms with Crippen LogP contribution in [0.4, 0.5) is 0 Å². The third-order valence-electron chi connectivity index (χ3n) is 3.21. The lowest BCUT2D eigenvalue weighted by molar-refractivity contribution is 0.289. The van der Waals surface area contributed by atoms with Gasteiger partial charge in [-0.3, -0.25) is 0 Å². The summed E-state index contributed by atoms with van der Waals surface area (Å²) in [6, 6.07) is 0. The fraction of sp³-hybridized carbons (Fsp3) is 0.889. The zero-order chi connectivity index (χ0) is 8.60. The maximum absolute atomic E-state index is 8.74. The lowest BCUT2D eigenvalue weighted by atomic mass is 9.86. The number of likely N-dealkylation sites (tertiary alicyclic amines) is 2. The van der Waals surface area contributed by atoms with Crippen molar-refractivity contribution in [2.45, 2.75) is 12.8 Å². The molecule has 3 nitrogen and oxygen atoms in total. The molecule has 0 aromatic rings. The van der Waals surface area contributed by atoms with E-state index in [1.807, 2.05) is 4.90 Å². The van der Waals surface area contributed by atoms with Crippen molar-refractivity contribution < 1.29 is 0 Å². The average Bonchev–Trinajstić information content (AvgIpc) is 2.61. The van der Waals surface area contributed by atoms with Crippen molar-refractivity contribution in [3.05, 3.63) is 0 Å². The highest BCUT2D eigenvalue weighted by atomic mass is 15.2. The van der Waals surface area contributed by atoms with E-state index in [-0.39, 0.29) is 0 Å². The van der Waals surface area contributed by atoms with Crippen LogP contribution in [0.5, 0.6) is 0 Å². The van der Waals surface area contributed by atoms with E-state index in [0.717, 1.165) is 13.1 Å². The van der Waals surface area contributed by atoms with E-state index >= 15 is 0 Å². The van der Waals surface area contributed by atoms with Gasteiger partial charge in [-0.15, -0.1) is 0 Å². The predicted molar refractivity (Wildman–Crippen MR) is 46.4 cm³/mol. The van der Waals surface area contributed by atoms with Crippen molar-refractivity contribution >= 4 is 0 Å². The lowest BCUT2D eigenvalue weighted by Gasteiger charge is -2.21. The minimum atomic E-state index is 0.463. The van der Waals surface area contributed by atoms with Gasteiger partial charge >= 0.3 is 0 Å². The quantitative estimate of drug-likeness (QED) is 0.489. The van der Waals surface area contributed by atoms with Crippen LogP contribution in [0.25, 0.3) is 0 Å². The van der Waals surface area contributed by atoms with E-state index in [1.165, 1.54) is 25.9 Å². The molecule has 2 fully saturated rings. The maximum atomic E-state index is 8.74. The normalized spacial score (nSPS) is 36.2. The summed E-state index contributed by atoms with van der Waals surface area (Å²) in [5, 5.41) is 8.74. The first-order valence-corrected chi connectivity index (χ1v) is 4.57. The Balaban J connectivity index is 2.02. The number of hydrogen-bond acceptors (Lipinski definition) is 3. The highest BCUT2D eigenvalue weighted by Gasteiger charge is 2.42. The molecule has 66 valence electrons. The minimum absolute atomic E-state index is 0.463. The van der Waals surface area contributed by atoms with Crippen LogP contribution in [0.15, 0.2) is 0 Å². The van der Waals surface area contributed by atoms with Crippen LogP contribution < -0.4 is 0 Å². The molecule has 2 heterocycles. The van der Waals surface area contributed by atoms with Gasteiger partial charge < -0.3 is 9.80 Å². The summed E-state index contributed by atoms with van der Waals surface area (Å²) in [4.78, 5) is 4.28. The predicted octanol–water partition coefficient (Wildman–Crippen LogP) is 0.495. The second-order valence-electron chi connectivity index (χ2n) is 4.26. The van der Waals surface area contributed by atoms with E-state index in [1.54, 1.807) is 0 Å². The highest BCUT2D eigenvalue weighted by molar-refractivity contribution is 4.99. The van der Waals surface area contributed by atoms with Gasteiger partial charge in [0.15, 0.2) is 6.19 Å². The molecule has 0 radical (unpaired) electrons. The van der Waals surface area contributed by atoms with Gasteiger partial charge in [0.1, 0.15) is 0 Å². The van der Waals surface area contributed by atoms with Crippen LogP contribution in [-0.4, -0.2) is 43.0 Å². The summed E-state index contributed by atoms with van der Waals surface area (Å²) >= 11 is 0. The van der Waals surface area contributed by atoms with Crippen molar-refractivity contribution in [2.75, 3.05) is 33.2 Å². The summed E-state index contributed by atoms with van der Waals surface area (Å²) in [7, 11) is 2.17. The average molecular weight is 165 g/mol. The molecule has 2 rings (SSSR count). The van der Waals surface area contributed by atoms with Gasteiger partial charge in [0.2, 0.25) is 0 Å². The van der Waals surface area contributed by atoms with Crippen molar-refractivity contribution in [1.29, 1.82) is 5.26 Å². The minimum Gasteiger partial charge on any atom is -0.310 e. The summed E-state index contributed by atoms with van der Waals surface area (Å²) in [6.45, 7) is 4.36. The van der Waals surface area contributed by atoms with Gasteiger partial charge in [-0.2, -0.15) is 5.26 Å². The van der Waals surface area contributed by atoms with Gasteiger partial charge in [-0.05, 0) is 26.4 Å². The van der Waals surface area contributed by atoms with E-state index in [4.69, 9.17) is 5.26 Å². The topological polar surface area (TPSA) is 30.3 Å². The molecule has 0 aliphatic carbocycles. The Morgan fingerprint density at radius 1 is 1.25 bits per heavy atom. The number of nitrogens with zero attached hydrogens (tertiary/aromatic N) is 3. The molecule has 3 heteroatoms. The molecule has 12 heavy (non-hydrogen) atoms. The zero-order valence-electron chi connectivity index (χ0n) is 7.58. The second kappa shape index (κ2) is 2.63. The SMILES string of the molecule is CN1CCC2(CCN(C#N)C2)C1. The van der Waals surface area contributed by atoms with E-state index in [2.05, 4.69) is 18.1 Å². The fourth-order valence-electron chi connectivity index (χ4n) is 2.51. The van der Waals surface area contributed by atoms with Gasteiger partial charge in [0.25, 0.3) is 0 Å². The molecule has 0 aromatic heterocycles. The Labute approximate surface area is 73.6 Å². The zero-order valence-corrected chi connectivity index (χ0v) is 7.58. The first-order valence-electron chi connectivity index (χ1n) is 4.57. The Kier molecular flexibility index (Phi) is 1.73. The molecule has 0 saturated carbocycles. The molecule has 2 aliphatic heterocycles. The Morgan fingerprint density at radius 3 is 2.50 bits per heavy atom. The molecule has 0 amide bonds. The van der Waals surface area contributed by atoms with Crippen molar-refractivity contribution in [3.8, 4) is 6.19 Å². The largest absolute Gasteiger partial charge is 0.310 e. The summed E-state index contributed by atoms with van der Waals surface area (Å²) in [5.74, 6) is 0. The van der Waals surface area contributed by atoms with E-state index in [0.29, 0.717) is 5.41 Å². The number of rotatable bonds is 0. The first kappa shape index (κ1) is 7.88. The third-order valence-corrected chi connectivity index (χ3v) is 3.21. The summed E-state index contributed by atoms with van der Waals surface area (Å²) in [6.07, 6.45) is 4.74. The van der Waals surface area contributed by atoms with Crippen LogP contribution in [-0.2, 0) is 0 Å². The van der Waals surface area contributed by atoms with Crippen molar-refractivity contribution in [3.63, 3.8) is 0 Å². The van der Waals surface area contributed by atoms with E-state index in [9.17, 15) is 0 Å². The highest BCUT2D eigenvalue weighted by Crippen LogP contribution is 2.38. The van der Waals surface area contributed by atoms with Crippen LogP contribution in [0.1, 0.15) is 12.8 Å².